The fourth-order valence-corrected chi connectivity index (χ4v) is 5.54. The van der Waals surface area contributed by atoms with Gasteiger partial charge in [-0.2, -0.15) is 0 Å². The monoisotopic (exact) mass is 427 g/mol. The lowest BCUT2D eigenvalue weighted by Gasteiger charge is -2.43. The number of amides is 2. The van der Waals surface area contributed by atoms with Crippen molar-refractivity contribution in [3.8, 4) is 5.75 Å². The normalized spacial score (nSPS) is 22.5. The van der Waals surface area contributed by atoms with E-state index in [-0.39, 0.29) is 11.9 Å². The summed E-state index contributed by atoms with van der Waals surface area (Å²) in [7, 11) is 1.60. The molecule has 3 aliphatic rings. The van der Waals surface area contributed by atoms with Gasteiger partial charge in [0.15, 0.2) is 0 Å². The Balaban J connectivity index is 1.42. The molecule has 1 aromatic carbocycles. The number of piperidine rings is 1. The topological polar surface area (TPSA) is 53.1 Å². The number of ether oxygens (including phenoxy) is 1. The highest BCUT2D eigenvalue weighted by atomic mass is 16.5. The number of likely N-dealkylation sites (tertiary alicyclic amines) is 1. The average molecular weight is 428 g/mol. The van der Waals surface area contributed by atoms with Crippen molar-refractivity contribution in [2.75, 3.05) is 46.4 Å². The molecule has 170 valence electrons. The molecule has 4 rings (SSSR count). The molecule has 1 atom stereocenters. The van der Waals surface area contributed by atoms with Crippen LogP contribution in [-0.4, -0.2) is 78.9 Å². The molecule has 1 aliphatic carbocycles. The highest BCUT2D eigenvalue weighted by molar-refractivity contribution is 5.97. The van der Waals surface area contributed by atoms with Crippen LogP contribution in [0.5, 0.6) is 5.75 Å². The summed E-state index contributed by atoms with van der Waals surface area (Å²) < 4.78 is 5.38. The predicted molar refractivity (Wildman–Crippen MR) is 121 cm³/mol. The lowest BCUT2D eigenvalue weighted by molar-refractivity contribution is -0.141. The number of methoxy groups -OCH3 is 1. The van der Waals surface area contributed by atoms with Crippen LogP contribution >= 0.6 is 0 Å². The number of hydrogen-bond donors (Lipinski definition) is 0. The summed E-state index contributed by atoms with van der Waals surface area (Å²) in [6, 6.07) is 7.40. The minimum Gasteiger partial charge on any atom is -0.496 e. The summed E-state index contributed by atoms with van der Waals surface area (Å²) in [5, 5.41) is 0. The molecule has 2 amide bonds. The van der Waals surface area contributed by atoms with Crippen LogP contribution in [0.4, 0.5) is 0 Å². The minimum atomic E-state index is -0.0144. The fraction of sp³-hybridized carbons (Fsp3) is 0.680. The molecule has 0 bridgehead atoms. The molecule has 0 radical (unpaired) electrons. The molecule has 3 fully saturated rings. The molecule has 2 heterocycles. The van der Waals surface area contributed by atoms with Gasteiger partial charge in [-0.1, -0.05) is 31.9 Å². The van der Waals surface area contributed by atoms with Gasteiger partial charge in [-0.15, -0.1) is 0 Å². The number of rotatable bonds is 5. The van der Waals surface area contributed by atoms with Crippen molar-refractivity contribution in [1.29, 1.82) is 0 Å². The molecule has 2 saturated heterocycles. The van der Waals surface area contributed by atoms with E-state index in [4.69, 9.17) is 4.74 Å². The number of piperazine rings is 1. The standard InChI is InChI=1S/C25H37N3O3/c1-19-11-13-27(14-12-19)25(30)23(20-7-3-4-8-20)26-15-17-28(18-16-26)24(29)21-9-5-6-10-22(21)31-2/h5-6,9-10,19-20,23H,3-4,7-8,11-18H2,1-2H3/t23-/m1/s1. The Hall–Kier alpha value is -2.08. The van der Waals surface area contributed by atoms with Crippen molar-refractivity contribution in [2.24, 2.45) is 11.8 Å². The van der Waals surface area contributed by atoms with Gasteiger partial charge in [-0.3, -0.25) is 14.5 Å². The molecule has 2 aliphatic heterocycles. The average Bonchev–Trinajstić information content (AvgIpc) is 3.34. The number of benzene rings is 1. The first-order valence-corrected chi connectivity index (χ1v) is 12.0. The summed E-state index contributed by atoms with van der Waals surface area (Å²) in [6.45, 7) is 6.92. The molecule has 6 nitrogen and oxygen atoms in total. The highest BCUT2D eigenvalue weighted by Gasteiger charge is 2.40. The Bertz CT molecular complexity index is 761. The Morgan fingerprint density at radius 1 is 0.903 bits per heavy atom. The van der Waals surface area contributed by atoms with Gasteiger partial charge in [-0.05, 0) is 49.7 Å². The Labute approximate surface area is 186 Å². The van der Waals surface area contributed by atoms with Gasteiger partial charge in [0.25, 0.3) is 5.91 Å². The maximum Gasteiger partial charge on any atom is 0.257 e. The zero-order chi connectivity index (χ0) is 21.8. The molecule has 0 spiro atoms. The highest BCUT2D eigenvalue weighted by Crippen LogP contribution is 2.33. The number of para-hydroxylation sites is 1. The molecule has 0 unspecified atom stereocenters. The first-order chi connectivity index (χ1) is 15.1. The summed E-state index contributed by atoms with van der Waals surface area (Å²) in [5.41, 5.74) is 0.615. The van der Waals surface area contributed by atoms with Crippen molar-refractivity contribution in [3.05, 3.63) is 29.8 Å². The predicted octanol–water partition coefficient (Wildman–Crippen LogP) is 3.27. The van der Waals surface area contributed by atoms with Gasteiger partial charge in [0.05, 0.1) is 18.7 Å². The number of carbonyl (C=O) groups is 2. The van der Waals surface area contributed by atoms with E-state index < -0.39 is 0 Å². The number of carbonyl (C=O) groups excluding carboxylic acids is 2. The van der Waals surface area contributed by atoms with Gasteiger partial charge < -0.3 is 14.5 Å². The van der Waals surface area contributed by atoms with Gasteiger partial charge in [-0.25, -0.2) is 0 Å². The van der Waals surface area contributed by atoms with E-state index in [1.807, 2.05) is 29.2 Å². The SMILES string of the molecule is COc1ccccc1C(=O)N1CCN([C@@H](C(=O)N2CCC(C)CC2)C2CCCC2)CC1. The largest absolute Gasteiger partial charge is 0.496 e. The van der Waals surface area contributed by atoms with E-state index in [9.17, 15) is 9.59 Å². The van der Waals surface area contributed by atoms with Gasteiger partial charge in [0, 0.05) is 39.3 Å². The van der Waals surface area contributed by atoms with E-state index in [1.165, 1.54) is 12.8 Å². The smallest absolute Gasteiger partial charge is 0.257 e. The second kappa shape index (κ2) is 10.0. The van der Waals surface area contributed by atoms with Crippen molar-refractivity contribution in [1.82, 2.24) is 14.7 Å². The zero-order valence-electron chi connectivity index (χ0n) is 19.1. The first kappa shape index (κ1) is 22.1. The van der Waals surface area contributed by atoms with Crippen molar-refractivity contribution < 1.29 is 14.3 Å². The molecular weight excluding hydrogens is 390 g/mol. The van der Waals surface area contributed by atoms with Crippen LogP contribution in [-0.2, 0) is 4.79 Å². The summed E-state index contributed by atoms with van der Waals surface area (Å²) in [5.74, 6) is 2.16. The number of hydrogen-bond acceptors (Lipinski definition) is 4. The van der Waals surface area contributed by atoms with E-state index in [0.717, 1.165) is 57.8 Å². The summed E-state index contributed by atoms with van der Waals surface area (Å²) in [4.78, 5) is 33.1. The second-order valence-corrected chi connectivity index (χ2v) is 9.53. The molecular formula is C25H37N3O3. The minimum absolute atomic E-state index is 0.0144. The van der Waals surface area contributed by atoms with Crippen molar-refractivity contribution in [2.45, 2.75) is 51.5 Å². The van der Waals surface area contributed by atoms with Crippen LogP contribution in [0, 0.1) is 11.8 Å². The van der Waals surface area contributed by atoms with Crippen molar-refractivity contribution in [3.63, 3.8) is 0 Å². The summed E-state index contributed by atoms with van der Waals surface area (Å²) >= 11 is 0. The second-order valence-electron chi connectivity index (χ2n) is 9.53. The number of nitrogens with zero attached hydrogens (tertiary/aromatic N) is 3. The molecule has 6 heteroatoms. The Morgan fingerprint density at radius 3 is 2.19 bits per heavy atom. The van der Waals surface area contributed by atoms with Crippen LogP contribution in [0.2, 0.25) is 0 Å². The molecule has 1 saturated carbocycles. The van der Waals surface area contributed by atoms with Gasteiger partial charge in [0.2, 0.25) is 5.91 Å². The van der Waals surface area contributed by atoms with E-state index in [2.05, 4.69) is 16.7 Å². The summed E-state index contributed by atoms with van der Waals surface area (Å²) in [6.07, 6.45) is 7.01. The van der Waals surface area contributed by atoms with E-state index in [1.54, 1.807) is 7.11 Å². The molecule has 0 N–H and O–H groups in total. The quantitative estimate of drug-likeness (QED) is 0.724. The van der Waals surface area contributed by atoms with E-state index >= 15 is 0 Å². The van der Waals surface area contributed by atoms with Crippen molar-refractivity contribution >= 4 is 11.8 Å². The van der Waals surface area contributed by atoms with Crippen LogP contribution in [0.15, 0.2) is 24.3 Å². The van der Waals surface area contributed by atoms with Gasteiger partial charge in [0.1, 0.15) is 5.75 Å². The molecule has 31 heavy (non-hydrogen) atoms. The first-order valence-electron chi connectivity index (χ1n) is 12.0. The van der Waals surface area contributed by atoms with Crippen LogP contribution in [0.3, 0.4) is 0 Å². The lowest BCUT2D eigenvalue weighted by Crippen LogP contribution is -2.59. The molecule has 0 aromatic heterocycles. The third kappa shape index (κ3) is 4.89. The third-order valence-corrected chi connectivity index (χ3v) is 7.53. The third-order valence-electron chi connectivity index (χ3n) is 7.53. The Kier molecular flexibility index (Phi) is 7.16. The van der Waals surface area contributed by atoms with Crippen LogP contribution in [0.1, 0.15) is 55.8 Å². The molecule has 1 aromatic rings. The fourth-order valence-electron chi connectivity index (χ4n) is 5.54. The zero-order valence-corrected chi connectivity index (χ0v) is 19.1. The Morgan fingerprint density at radius 2 is 1.55 bits per heavy atom. The lowest BCUT2D eigenvalue weighted by atomic mass is 9.92. The maximum atomic E-state index is 13.6. The maximum absolute atomic E-state index is 13.6. The van der Waals surface area contributed by atoms with Crippen LogP contribution in [0.25, 0.3) is 0 Å². The van der Waals surface area contributed by atoms with Crippen LogP contribution < -0.4 is 4.74 Å². The van der Waals surface area contributed by atoms with E-state index in [0.29, 0.717) is 36.2 Å². The van der Waals surface area contributed by atoms with Gasteiger partial charge >= 0.3 is 0 Å².